The van der Waals surface area contributed by atoms with Crippen molar-refractivity contribution in [3.05, 3.63) is 222 Å². The van der Waals surface area contributed by atoms with Gasteiger partial charge in [0.15, 0.2) is 0 Å². The summed E-state index contributed by atoms with van der Waals surface area (Å²) in [6, 6.07) is 72.5. The summed E-state index contributed by atoms with van der Waals surface area (Å²) >= 11 is 1.88. The lowest BCUT2D eigenvalue weighted by atomic mass is 9.67. The first-order valence-electron chi connectivity index (χ1n) is 20.4. The Bertz CT molecular complexity index is 3530. The van der Waals surface area contributed by atoms with Crippen LogP contribution in [0.2, 0.25) is 0 Å². The van der Waals surface area contributed by atoms with Crippen molar-refractivity contribution in [1.29, 1.82) is 0 Å². The lowest BCUT2D eigenvalue weighted by molar-refractivity contribution is 0.723. The van der Waals surface area contributed by atoms with E-state index in [1.165, 1.54) is 48.6 Å². The van der Waals surface area contributed by atoms with Gasteiger partial charge in [-0.1, -0.05) is 169 Å². The zero-order chi connectivity index (χ0) is 39.4. The van der Waals surface area contributed by atoms with Gasteiger partial charge >= 0.3 is 0 Å². The van der Waals surface area contributed by atoms with Crippen molar-refractivity contribution < 1.29 is 0 Å². The minimum atomic E-state index is -0.443. The maximum absolute atomic E-state index is 5.41. The monoisotopic (exact) mass is 779 g/mol. The van der Waals surface area contributed by atoms with Gasteiger partial charge in [0.05, 0.1) is 39.0 Å². The summed E-state index contributed by atoms with van der Waals surface area (Å²) < 4.78 is 0. The van der Waals surface area contributed by atoms with Gasteiger partial charge in [-0.3, -0.25) is 0 Å². The third-order valence-corrected chi connectivity index (χ3v) is 13.9. The van der Waals surface area contributed by atoms with Gasteiger partial charge in [0.2, 0.25) is 0 Å². The highest BCUT2D eigenvalue weighted by Crippen LogP contribution is 2.62. The number of benzene rings is 8. The minimum Gasteiger partial charge on any atom is -0.247 e. The lowest BCUT2D eigenvalue weighted by Crippen LogP contribution is -2.31. The molecule has 60 heavy (non-hydrogen) atoms. The van der Waals surface area contributed by atoms with Crippen LogP contribution < -0.4 is 0 Å². The van der Waals surface area contributed by atoms with Crippen LogP contribution in [0, 0.1) is 0 Å². The Kier molecular flexibility index (Phi) is 7.16. The molecule has 2 aliphatic rings. The van der Waals surface area contributed by atoms with E-state index in [0.29, 0.717) is 0 Å². The predicted octanol–water partition coefficient (Wildman–Crippen LogP) is 14.3. The van der Waals surface area contributed by atoms with Crippen LogP contribution in [0.3, 0.4) is 0 Å². The van der Waals surface area contributed by atoms with Crippen molar-refractivity contribution in [1.82, 2.24) is 15.0 Å². The van der Waals surface area contributed by atoms with E-state index in [1.54, 1.807) is 0 Å². The van der Waals surface area contributed by atoms with E-state index in [4.69, 9.17) is 15.0 Å². The Labute approximate surface area is 351 Å². The molecule has 3 nitrogen and oxygen atoms in total. The number of nitrogens with zero attached hydrogens (tertiary/aromatic N) is 3. The van der Waals surface area contributed by atoms with Gasteiger partial charge < -0.3 is 0 Å². The summed E-state index contributed by atoms with van der Waals surface area (Å²) in [5, 5.41) is 5.67. The highest BCUT2D eigenvalue weighted by Gasteiger charge is 2.50. The van der Waals surface area contributed by atoms with E-state index in [-0.39, 0.29) is 0 Å². The molecule has 13 rings (SSSR count). The second-order valence-electron chi connectivity index (χ2n) is 15.9. The normalized spacial score (nSPS) is 13.4. The molecule has 0 bridgehead atoms. The number of hydrogen-bond acceptors (Lipinski definition) is 4. The molecule has 0 unspecified atom stereocenters. The fourth-order valence-corrected chi connectivity index (χ4v) is 11.2. The van der Waals surface area contributed by atoms with Crippen molar-refractivity contribution in [3.63, 3.8) is 0 Å². The van der Waals surface area contributed by atoms with E-state index >= 15 is 0 Å². The molecule has 278 valence electrons. The van der Waals surface area contributed by atoms with Gasteiger partial charge in [-0.25, -0.2) is 15.0 Å². The van der Waals surface area contributed by atoms with Crippen molar-refractivity contribution in [3.8, 4) is 44.9 Å². The van der Waals surface area contributed by atoms with Crippen LogP contribution in [-0.4, -0.2) is 15.0 Å². The topological polar surface area (TPSA) is 38.7 Å². The average molecular weight is 780 g/mol. The van der Waals surface area contributed by atoms with Crippen molar-refractivity contribution >= 4 is 55.2 Å². The summed E-state index contributed by atoms with van der Waals surface area (Å²) in [5.41, 5.74) is 16.3. The summed E-state index contributed by atoms with van der Waals surface area (Å²) in [6.07, 6.45) is 0. The number of rotatable bonds is 3. The first-order chi connectivity index (χ1) is 29.7. The third-order valence-electron chi connectivity index (χ3n) is 12.7. The van der Waals surface area contributed by atoms with Crippen LogP contribution in [0.4, 0.5) is 0 Å². The molecule has 0 N–H and O–H groups in total. The van der Waals surface area contributed by atoms with Gasteiger partial charge in [-0.15, -0.1) is 0 Å². The zero-order valence-electron chi connectivity index (χ0n) is 32.3. The van der Waals surface area contributed by atoms with Gasteiger partial charge in [0.25, 0.3) is 0 Å². The summed E-state index contributed by atoms with van der Waals surface area (Å²) in [5.74, 6) is 0. The molecule has 0 radical (unpaired) electrons. The van der Waals surface area contributed by atoms with Gasteiger partial charge in [-0.2, -0.15) is 0 Å². The lowest BCUT2D eigenvalue weighted by Gasteiger charge is -2.39. The highest BCUT2D eigenvalue weighted by atomic mass is 32.2. The van der Waals surface area contributed by atoms with Crippen molar-refractivity contribution in [2.24, 2.45) is 0 Å². The van der Waals surface area contributed by atoms with Crippen LogP contribution >= 0.6 is 11.8 Å². The zero-order valence-corrected chi connectivity index (χ0v) is 33.1. The van der Waals surface area contributed by atoms with Gasteiger partial charge in [0.1, 0.15) is 0 Å². The molecule has 1 spiro atoms. The molecule has 4 heterocycles. The fourth-order valence-electron chi connectivity index (χ4n) is 10.0. The van der Waals surface area contributed by atoms with Crippen molar-refractivity contribution in [2.75, 3.05) is 0 Å². The quantitative estimate of drug-likeness (QED) is 0.167. The SMILES string of the molecule is c1ccc(-c2ccc3ccc4ccc(-c5ccc(-c6nc7ccccc7c7cc8c(cc67)-c6ccccc6C86c7ccccc7Sc7ccccc76)cc5)nc4c3n2)cc1. The molecule has 8 aromatic carbocycles. The first kappa shape index (κ1) is 33.6. The van der Waals surface area contributed by atoms with Gasteiger partial charge in [0, 0.05) is 48.0 Å². The third kappa shape index (κ3) is 4.77. The van der Waals surface area contributed by atoms with Crippen molar-refractivity contribution in [2.45, 2.75) is 15.2 Å². The number of para-hydroxylation sites is 1. The van der Waals surface area contributed by atoms with Crippen LogP contribution in [0.25, 0.3) is 88.4 Å². The minimum absolute atomic E-state index is 0.443. The molecule has 0 atom stereocenters. The number of aromatic nitrogens is 3. The fraction of sp³-hybridized carbons (Fsp3) is 0.0179. The Morgan fingerprint density at radius 1 is 0.350 bits per heavy atom. The maximum Gasteiger partial charge on any atom is 0.0972 e. The number of pyridine rings is 3. The Morgan fingerprint density at radius 2 is 0.900 bits per heavy atom. The van der Waals surface area contributed by atoms with Crippen LogP contribution in [0.1, 0.15) is 22.3 Å². The molecule has 0 fully saturated rings. The number of hydrogen-bond donors (Lipinski definition) is 0. The molecule has 11 aromatic rings. The second-order valence-corrected chi connectivity index (χ2v) is 16.9. The maximum atomic E-state index is 5.41. The van der Waals surface area contributed by atoms with E-state index in [1.807, 2.05) is 17.8 Å². The molecule has 0 saturated carbocycles. The smallest absolute Gasteiger partial charge is 0.0972 e. The molecule has 0 amide bonds. The van der Waals surface area contributed by atoms with Gasteiger partial charge in [-0.05, 0) is 81.2 Å². The molecule has 0 saturated heterocycles. The van der Waals surface area contributed by atoms with Crippen LogP contribution in [0.15, 0.2) is 210 Å². The first-order valence-corrected chi connectivity index (χ1v) is 21.2. The van der Waals surface area contributed by atoms with E-state index < -0.39 is 5.41 Å². The van der Waals surface area contributed by atoms with Crippen LogP contribution in [-0.2, 0) is 5.41 Å². The molecule has 1 aliphatic carbocycles. The summed E-state index contributed by atoms with van der Waals surface area (Å²) in [7, 11) is 0. The molecule has 4 heteroatoms. The van der Waals surface area contributed by atoms with E-state index in [2.05, 4.69) is 194 Å². The molecular weight excluding hydrogens is 747 g/mol. The molecule has 3 aromatic heterocycles. The van der Waals surface area contributed by atoms with E-state index in [0.717, 1.165) is 71.9 Å². The highest BCUT2D eigenvalue weighted by molar-refractivity contribution is 7.99. The Hall–Kier alpha value is -7.40. The Morgan fingerprint density at radius 3 is 1.60 bits per heavy atom. The second kappa shape index (κ2) is 12.8. The molecular formula is C56H33N3S. The average Bonchev–Trinajstić information content (AvgIpc) is 3.60. The van der Waals surface area contributed by atoms with E-state index in [9.17, 15) is 0 Å². The predicted molar refractivity (Wildman–Crippen MR) is 248 cm³/mol. The number of fused-ring (bicyclic) bond motifs is 15. The Balaban J connectivity index is 0.993. The summed E-state index contributed by atoms with van der Waals surface area (Å²) in [6.45, 7) is 0. The summed E-state index contributed by atoms with van der Waals surface area (Å²) in [4.78, 5) is 18.4. The molecule has 1 aliphatic heterocycles. The standard InChI is InChI=1S/C56H33N3S/c1-2-12-34(13-3-1)48-30-28-37-26-27-38-29-31-49(58-55(38)54(37)57-48)35-22-24-36(25-23-35)53-43-32-42-39-14-4-6-16-44(39)56(47(42)33-41(43)40-15-5-9-19-50(40)59-53)45-17-7-10-20-51(45)60-52-21-11-8-18-46(52)56/h1-33H. The van der Waals surface area contributed by atoms with Crippen LogP contribution in [0.5, 0.6) is 0 Å². The largest absolute Gasteiger partial charge is 0.247 e.